The van der Waals surface area contributed by atoms with Gasteiger partial charge in [0, 0.05) is 12.7 Å². The lowest BCUT2D eigenvalue weighted by molar-refractivity contribution is 0.901. The van der Waals surface area contributed by atoms with Crippen molar-refractivity contribution in [3.8, 4) is 0 Å². The van der Waals surface area contributed by atoms with E-state index in [1.54, 1.807) is 6.33 Å². The van der Waals surface area contributed by atoms with E-state index in [0.29, 0.717) is 18.2 Å². The monoisotopic (exact) mass is 397 g/mol. The normalized spacial score (nSPS) is 17.1. The quantitative estimate of drug-likeness (QED) is 0.528. The van der Waals surface area contributed by atoms with Crippen LogP contribution in [0.2, 0.25) is 5.02 Å². The number of nitrogens with zero attached hydrogens (tertiary/aromatic N) is 3. The third-order valence-corrected chi connectivity index (χ3v) is 5.74. The van der Waals surface area contributed by atoms with Crippen LogP contribution in [0.1, 0.15) is 16.5 Å². The lowest BCUT2D eigenvalue weighted by Crippen LogP contribution is -2.22. The van der Waals surface area contributed by atoms with Gasteiger partial charge in [-0.3, -0.25) is 0 Å². The van der Waals surface area contributed by atoms with Crippen LogP contribution in [0.25, 0.3) is 6.08 Å². The second-order valence-electron chi connectivity index (χ2n) is 6.25. The van der Waals surface area contributed by atoms with E-state index in [1.165, 1.54) is 17.1 Å². The first-order chi connectivity index (χ1) is 13.3. The van der Waals surface area contributed by atoms with Gasteiger partial charge >= 0.3 is 0 Å². The number of nitrogens with one attached hydrogen (secondary N) is 4. The number of hydrogen-bond donors (Lipinski definition) is 4. The first-order valence-corrected chi connectivity index (χ1v) is 9.67. The van der Waals surface area contributed by atoms with E-state index in [0.717, 1.165) is 33.5 Å². The number of para-hydroxylation sites is 1. The Labute approximate surface area is 165 Å². The van der Waals surface area contributed by atoms with E-state index < -0.39 is 0 Å². The molecule has 0 aliphatic carbocycles. The van der Waals surface area contributed by atoms with Gasteiger partial charge in [-0.1, -0.05) is 23.7 Å². The van der Waals surface area contributed by atoms with E-state index in [9.17, 15) is 0 Å². The average molecular weight is 398 g/mol. The molecule has 27 heavy (non-hydrogen) atoms. The molecule has 9 heteroatoms. The molecule has 136 valence electrons. The maximum atomic E-state index is 6.40. The highest BCUT2D eigenvalue weighted by Crippen LogP contribution is 2.40. The van der Waals surface area contributed by atoms with Gasteiger partial charge in [0.1, 0.15) is 12.0 Å². The van der Waals surface area contributed by atoms with Gasteiger partial charge in [-0.25, -0.2) is 14.3 Å². The van der Waals surface area contributed by atoms with E-state index in [-0.39, 0.29) is 6.04 Å². The number of rotatable bonds is 4. The summed E-state index contributed by atoms with van der Waals surface area (Å²) in [6.45, 7) is 1.29. The summed E-state index contributed by atoms with van der Waals surface area (Å²) in [6, 6.07) is 7.97. The Bertz CT molecular complexity index is 1020. The Morgan fingerprint density at radius 1 is 1.19 bits per heavy atom. The zero-order valence-electron chi connectivity index (χ0n) is 14.2. The number of aromatic nitrogens is 3. The topological polar surface area (TPSA) is 86.8 Å². The summed E-state index contributed by atoms with van der Waals surface area (Å²) in [6.07, 6.45) is 5.56. The first kappa shape index (κ1) is 16.3. The Balaban J connectivity index is 1.48. The van der Waals surface area contributed by atoms with Gasteiger partial charge in [-0.15, -0.1) is 0 Å². The molecular formula is C18H16ClN7S. The van der Waals surface area contributed by atoms with Crippen molar-refractivity contribution in [3.63, 3.8) is 0 Å². The molecule has 7 nitrogen and oxygen atoms in total. The molecule has 2 aromatic heterocycles. The van der Waals surface area contributed by atoms with E-state index in [4.69, 9.17) is 11.6 Å². The van der Waals surface area contributed by atoms with Crippen LogP contribution in [0.4, 0.5) is 23.0 Å². The SMILES string of the molecule is Clc1cccc2c1NC(c1ccns1)C(CNc1ncnc3c1NCN3)=C2. The number of hydrogen-bond acceptors (Lipinski definition) is 8. The highest BCUT2D eigenvalue weighted by molar-refractivity contribution is 7.05. The third kappa shape index (κ3) is 2.96. The van der Waals surface area contributed by atoms with Gasteiger partial charge in [0.2, 0.25) is 0 Å². The standard InChI is InChI=1S/C18H16ClN7S/c19-12-3-1-2-10-6-11(15(26-14(10)12)13-4-5-25-27-13)7-20-17-16-18(22-8-21-16)24-9-23-17/h1-6,9,15,21,26H,7-8H2,(H2,20,22,23,24). The molecule has 3 aromatic rings. The summed E-state index contributed by atoms with van der Waals surface area (Å²) in [7, 11) is 0. The fourth-order valence-electron chi connectivity index (χ4n) is 3.34. The van der Waals surface area contributed by atoms with E-state index >= 15 is 0 Å². The van der Waals surface area contributed by atoms with Crippen LogP contribution in [0.3, 0.4) is 0 Å². The molecule has 0 saturated heterocycles. The summed E-state index contributed by atoms with van der Waals surface area (Å²) < 4.78 is 4.26. The molecule has 1 atom stereocenters. The molecule has 1 unspecified atom stereocenters. The predicted octanol–water partition coefficient (Wildman–Crippen LogP) is 4.04. The van der Waals surface area contributed by atoms with Crippen LogP contribution < -0.4 is 21.3 Å². The van der Waals surface area contributed by atoms with Gasteiger partial charge in [-0.05, 0) is 40.9 Å². The molecule has 0 fully saturated rings. The van der Waals surface area contributed by atoms with Gasteiger partial charge in [0.05, 0.1) is 28.3 Å². The van der Waals surface area contributed by atoms with Crippen molar-refractivity contribution in [2.45, 2.75) is 6.04 Å². The third-order valence-electron chi connectivity index (χ3n) is 4.62. The van der Waals surface area contributed by atoms with Gasteiger partial charge in [-0.2, -0.15) is 0 Å². The molecule has 5 rings (SSSR count). The molecular weight excluding hydrogens is 382 g/mol. The van der Waals surface area contributed by atoms with Crippen molar-refractivity contribution in [2.24, 2.45) is 0 Å². The Kier molecular flexibility index (Phi) is 4.06. The lowest BCUT2D eigenvalue weighted by Gasteiger charge is -2.28. The highest BCUT2D eigenvalue weighted by atomic mass is 35.5. The molecule has 0 radical (unpaired) electrons. The number of fused-ring (bicyclic) bond motifs is 2. The minimum atomic E-state index is 0.0124. The van der Waals surface area contributed by atoms with Crippen molar-refractivity contribution in [1.82, 2.24) is 14.3 Å². The van der Waals surface area contributed by atoms with Crippen molar-refractivity contribution >= 4 is 52.2 Å². The molecule has 1 aromatic carbocycles. The highest BCUT2D eigenvalue weighted by Gasteiger charge is 2.25. The smallest absolute Gasteiger partial charge is 0.156 e. The van der Waals surface area contributed by atoms with Crippen LogP contribution in [0.5, 0.6) is 0 Å². The molecule has 4 N–H and O–H groups in total. The fraction of sp³-hybridized carbons (Fsp3) is 0.167. The molecule has 0 spiro atoms. The van der Waals surface area contributed by atoms with Gasteiger partial charge < -0.3 is 21.3 Å². The zero-order valence-corrected chi connectivity index (χ0v) is 15.7. The summed E-state index contributed by atoms with van der Waals surface area (Å²) in [4.78, 5) is 9.75. The van der Waals surface area contributed by atoms with Crippen molar-refractivity contribution < 1.29 is 0 Å². The van der Waals surface area contributed by atoms with Gasteiger partial charge in [0.15, 0.2) is 11.6 Å². The van der Waals surface area contributed by atoms with E-state index in [1.807, 2.05) is 24.4 Å². The summed E-state index contributed by atoms with van der Waals surface area (Å²) >= 11 is 7.89. The van der Waals surface area contributed by atoms with Crippen LogP contribution in [0, 0.1) is 0 Å². The summed E-state index contributed by atoms with van der Waals surface area (Å²) in [5, 5.41) is 14.2. The maximum Gasteiger partial charge on any atom is 0.156 e. The molecule has 4 heterocycles. The van der Waals surface area contributed by atoms with Crippen molar-refractivity contribution in [2.75, 3.05) is 34.5 Å². The van der Waals surface area contributed by atoms with Gasteiger partial charge in [0.25, 0.3) is 0 Å². The lowest BCUT2D eigenvalue weighted by atomic mass is 9.96. The molecule has 0 amide bonds. The number of anilines is 4. The van der Waals surface area contributed by atoms with Crippen LogP contribution in [-0.2, 0) is 0 Å². The average Bonchev–Trinajstić information content (AvgIpc) is 3.38. The minimum absolute atomic E-state index is 0.0124. The summed E-state index contributed by atoms with van der Waals surface area (Å²) in [5.41, 5.74) is 4.12. The predicted molar refractivity (Wildman–Crippen MR) is 111 cm³/mol. The molecule has 0 saturated carbocycles. The largest absolute Gasteiger partial charge is 0.372 e. The maximum absolute atomic E-state index is 6.40. The first-order valence-electron chi connectivity index (χ1n) is 8.52. The minimum Gasteiger partial charge on any atom is -0.372 e. The zero-order chi connectivity index (χ0) is 18.2. The van der Waals surface area contributed by atoms with Crippen molar-refractivity contribution in [3.05, 3.63) is 57.8 Å². The van der Waals surface area contributed by atoms with Crippen LogP contribution in [0.15, 0.2) is 42.4 Å². The van der Waals surface area contributed by atoms with Crippen LogP contribution >= 0.6 is 23.1 Å². The second-order valence-corrected chi connectivity index (χ2v) is 7.52. The Morgan fingerprint density at radius 3 is 3.04 bits per heavy atom. The Hall–Kier alpha value is -2.84. The van der Waals surface area contributed by atoms with Crippen molar-refractivity contribution in [1.29, 1.82) is 0 Å². The van der Waals surface area contributed by atoms with E-state index in [2.05, 4.69) is 47.8 Å². The number of benzene rings is 1. The fourth-order valence-corrected chi connectivity index (χ4v) is 4.26. The van der Waals surface area contributed by atoms with Crippen LogP contribution in [-0.4, -0.2) is 27.6 Å². The molecule has 2 aliphatic heterocycles. The summed E-state index contributed by atoms with van der Waals surface area (Å²) in [5.74, 6) is 1.60. The Morgan fingerprint density at radius 2 is 2.15 bits per heavy atom. The molecule has 0 bridgehead atoms. The molecule has 2 aliphatic rings. The number of halogens is 1. The second kappa shape index (κ2) is 6.71.